The van der Waals surface area contributed by atoms with Crippen LogP contribution < -0.4 is 10.6 Å². The molecule has 0 fully saturated rings. The summed E-state index contributed by atoms with van der Waals surface area (Å²) in [6.45, 7) is 13.5. The molecule has 186 valence electrons. The van der Waals surface area contributed by atoms with E-state index in [0.29, 0.717) is 12.0 Å². The highest BCUT2D eigenvalue weighted by Gasteiger charge is 2.38. The number of carbonyl (C=O) groups is 3. The van der Waals surface area contributed by atoms with Crippen LogP contribution in [0, 0.1) is 6.92 Å². The molecule has 4 N–H and O–H groups in total. The van der Waals surface area contributed by atoms with Crippen molar-refractivity contribution in [2.24, 2.45) is 0 Å². The highest BCUT2D eigenvalue weighted by atomic mass is 16.6. The second-order valence-electron chi connectivity index (χ2n) is 10.1. The van der Waals surface area contributed by atoms with Crippen LogP contribution in [0.15, 0.2) is 18.2 Å². The van der Waals surface area contributed by atoms with Gasteiger partial charge in [0, 0.05) is 17.6 Å². The number of rotatable bonds is 8. The molecule has 9 heteroatoms. The van der Waals surface area contributed by atoms with Gasteiger partial charge in [-0.25, -0.2) is 4.79 Å². The smallest absolute Gasteiger partial charge is 0.408 e. The second kappa shape index (κ2) is 11.4. The first-order chi connectivity index (χ1) is 15.1. The molecule has 1 rings (SSSR count). The first-order valence-corrected chi connectivity index (χ1v) is 11.1. The largest absolute Gasteiger partial charge is 0.507 e. The summed E-state index contributed by atoms with van der Waals surface area (Å²) < 4.78 is 5.20. The summed E-state index contributed by atoms with van der Waals surface area (Å²) in [7, 11) is 0. The van der Waals surface area contributed by atoms with Gasteiger partial charge in [0.15, 0.2) is 0 Å². The Balaban J connectivity index is 3.45. The first-order valence-electron chi connectivity index (χ1n) is 11.1. The lowest BCUT2D eigenvalue weighted by molar-refractivity contribution is -0.143. The van der Waals surface area contributed by atoms with Crippen LogP contribution in [0.5, 0.6) is 5.75 Å². The fraction of sp³-hybridized carbons (Fsp3) is 0.625. The molecule has 0 spiro atoms. The minimum absolute atomic E-state index is 0.0962. The highest BCUT2D eigenvalue weighted by molar-refractivity contribution is 5.93. The molecule has 0 saturated carbocycles. The minimum Gasteiger partial charge on any atom is -0.507 e. The van der Waals surface area contributed by atoms with Crippen molar-refractivity contribution in [3.05, 3.63) is 29.3 Å². The number of ether oxygens (including phenoxy) is 1. The van der Waals surface area contributed by atoms with E-state index in [0.717, 1.165) is 0 Å². The summed E-state index contributed by atoms with van der Waals surface area (Å²) in [4.78, 5) is 40.4. The van der Waals surface area contributed by atoms with Crippen LogP contribution in [-0.4, -0.2) is 63.4 Å². The Bertz CT molecular complexity index is 842. The number of aliphatic hydroxyl groups excluding tert-OH is 1. The molecule has 2 atom stereocenters. The molecule has 0 aromatic heterocycles. The molecule has 0 aliphatic rings. The standard InChI is InChI=1S/C24H39N3O6/c1-9-13-27(21(31)17(14-28)25-22(32)33-24(6,7)8)18(20(30)26-23(3,4)5)16-12-10-11-15(2)19(16)29/h10-12,17-18,28-29H,9,13-14H2,1-8H3,(H,25,32)(H,26,30). The fourth-order valence-corrected chi connectivity index (χ4v) is 3.23. The molecule has 3 amide bonds. The van der Waals surface area contributed by atoms with Crippen LogP contribution >= 0.6 is 0 Å². The quantitative estimate of drug-likeness (QED) is 0.467. The van der Waals surface area contributed by atoms with Crippen molar-refractivity contribution in [1.82, 2.24) is 15.5 Å². The van der Waals surface area contributed by atoms with Crippen LogP contribution in [0.25, 0.3) is 0 Å². The normalized spacial score (nSPS) is 13.6. The zero-order valence-electron chi connectivity index (χ0n) is 21.0. The average molecular weight is 466 g/mol. The van der Waals surface area contributed by atoms with Gasteiger partial charge in [-0.15, -0.1) is 0 Å². The van der Waals surface area contributed by atoms with Gasteiger partial charge >= 0.3 is 6.09 Å². The maximum atomic E-state index is 13.5. The van der Waals surface area contributed by atoms with E-state index in [9.17, 15) is 24.6 Å². The maximum Gasteiger partial charge on any atom is 0.408 e. The maximum absolute atomic E-state index is 13.5. The van der Waals surface area contributed by atoms with Gasteiger partial charge < -0.3 is 30.5 Å². The van der Waals surface area contributed by atoms with Crippen molar-refractivity contribution in [2.45, 2.75) is 85.0 Å². The van der Waals surface area contributed by atoms with Crippen molar-refractivity contribution in [1.29, 1.82) is 0 Å². The van der Waals surface area contributed by atoms with E-state index >= 15 is 0 Å². The number of amides is 3. The summed E-state index contributed by atoms with van der Waals surface area (Å²) in [6.07, 6.45) is -0.359. The summed E-state index contributed by atoms with van der Waals surface area (Å²) in [5.41, 5.74) is -0.581. The summed E-state index contributed by atoms with van der Waals surface area (Å²) in [5.74, 6) is -1.25. The molecular weight excluding hydrogens is 426 g/mol. The third-order valence-electron chi connectivity index (χ3n) is 4.54. The van der Waals surface area contributed by atoms with E-state index in [1.807, 2.05) is 27.7 Å². The molecular formula is C24H39N3O6. The lowest BCUT2D eigenvalue weighted by Crippen LogP contribution is -2.55. The number of phenols is 1. The number of alkyl carbamates (subject to hydrolysis) is 1. The van der Waals surface area contributed by atoms with E-state index in [4.69, 9.17) is 4.74 Å². The van der Waals surface area contributed by atoms with Crippen molar-refractivity contribution in [3.63, 3.8) is 0 Å². The van der Waals surface area contributed by atoms with E-state index in [1.54, 1.807) is 45.9 Å². The molecule has 1 aromatic carbocycles. The lowest BCUT2D eigenvalue weighted by atomic mass is 9.98. The van der Waals surface area contributed by atoms with Crippen molar-refractivity contribution in [3.8, 4) is 5.75 Å². The van der Waals surface area contributed by atoms with Gasteiger partial charge in [0.2, 0.25) is 11.8 Å². The SMILES string of the molecule is CCCN(C(=O)C(CO)NC(=O)OC(C)(C)C)C(C(=O)NC(C)(C)C)c1cccc(C)c1O. The van der Waals surface area contributed by atoms with Gasteiger partial charge in [-0.1, -0.05) is 25.1 Å². The van der Waals surface area contributed by atoms with Crippen molar-refractivity contribution >= 4 is 17.9 Å². The molecule has 1 aromatic rings. The summed E-state index contributed by atoms with van der Waals surface area (Å²) >= 11 is 0. The Morgan fingerprint density at radius 1 is 1.12 bits per heavy atom. The van der Waals surface area contributed by atoms with Crippen LogP contribution in [0.2, 0.25) is 0 Å². The molecule has 0 saturated heterocycles. The van der Waals surface area contributed by atoms with E-state index < -0.39 is 47.7 Å². The summed E-state index contributed by atoms with van der Waals surface area (Å²) in [6, 6.07) is 2.47. The predicted molar refractivity (Wildman–Crippen MR) is 126 cm³/mol. The highest BCUT2D eigenvalue weighted by Crippen LogP contribution is 2.32. The second-order valence-corrected chi connectivity index (χ2v) is 10.1. The summed E-state index contributed by atoms with van der Waals surface area (Å²) in [5, 5.41) is 25.8. The molecule has 0 radical (unpaired) electrons. The Kier molecular flexibility index (Phi) is 9.71. The number of aliphatic hydroxyl groups is 1. The number of aromatic hydroxyl groups is 1. The van der Waals surface area contributed by atoms with Gasteiger partial charge in [-0.05, 0) is 60.5 Å². The third kappa shape index (κ3) is 8.57. The molecule has 9 nitrogen and oxygen atoms in total. The molecule has 2 unspecified atom stereocenters. The Morgan fingerprint density at radius 3 is 2.21 bits per heavy atom. The molecule has 0 aliphatic heterocycles. The number of nitrogens with zero attached hydrogens (tertiary/aromatic N) is 1. The Hall–Kier alpha value is -2.81. The van der Waals surface area contributed by atoms with Crippen LogP contribution in [0.1, 0.15) is 72.1 Å². The first kappa shape index (κ1) is 28.2. The topological polar surface area (TPSA) is 128 Å². The van der Waals surface area contributed by atoms with Gasteiger partial charge in [0.05, 0.1) is 6.61 Å². The lowest BCUT2D eigenvalue weighted by Gasteiger charge is -2.35. The van der Waals surface area contributed by atoms with Gasteiger partial charge in [-0.3, -0.25) is 9.59 Å². The number of para-hydroxylation sites is 1. The number of hydrogen-bond donors (Lipinski definition) is 4. The molecule has 0 bridgehead atoms. The number of hydrogen-bond acceptors (Lipinski definition) is 6. The van der Waals surface area contributed by atoms with Gasteiger partial charge in [0.25, 0.3) is 0 Å². The Labute approximate surface area is 196 Å². The zero-order valence-corrected chi connectivity index (χ0v) is 21.0. The Morgan fingerprint density at radius 2 is 1.73 bits per heavy atom. The number of aryl methyl sites for hydroxylation is 1. The minimum atomic E-state index is -1.33. The zero-order chi connectivity index (χ0) is 25.6. The van der Waals surface area contributed by atoms with Crippen LogP contribution in [0.4, 0.5) is 4.79 Å². The van der Waals surface area contributed by atoms with E-state index in [2.05, 4.69) is 10.6 Å². The molecule has 33 heavy (non-hydrogen) atoms. The number of benzene rings is 1. The number of nitrogens with one attached hydrogen (secondary N) is 2. The van der Waals surface area contributed by atoms with E-state index in [-0.39, 0.29) is 17.9 Å². The third-order valence-corrected chi connectivity index (χ3v) is 4.54. The van der Waals surface area contributed by atoms with Gasteiger partial charge in [-0.2, -0.15) is 0 Å². The fourth-order valence-electron chi connectivity index (χ4n) is 3.23. The average Bonchev–Trinajstić information content (AvgIpc) is 2.65. The number of phenolic OH excluding ortho intramolecular Hbond substituents is 1. The van der Waals surface area contributed by atoms with Crippen LogP contribution in [-0.2, 0) is 14.3 Å². The van der Waals surface area contributed by atoms with Crippen molar-refractivity contribution < 1.29 is 29.3 Å². The van der Waals surface area contributed by atoms with E-state index in [1.165, 1.54) is 4.90 Å². The van der Waals surface area contributed by atoms with Crippen molar-refractivity contribution in [2.75, 3.05) is 13.2 Å². The monoisotopic (exact) mass is 465 g/mol. The molecule has 0 aliphatic carbocycles. The number of carbonyl (C=O) groups excluding carboxylic acids is 3. The van der Waals surface area contributed by atoms with Crippen LogP contribution in [0.3, 0.4) is 0 Å². The van der Waals surface area contributed by atoms with Gasteiger partial charge in [0.1, 0.15) is 23.4 Å². The molecule has 0 heterocycles. The predicted octanol–water partition coefficient (Wildman–Crippen LogP) is 2.78.